The van der Waals surface area contributed by atoms with Crippen LogP contribution in [-0.2, 0) is 0 Å². The van der Waals surface area contributed by atoms with Crippen LogP contribution < -0.4 is 5.73 Å². The maximum atomic E-state index is 13.5. The number of hydrogen-bond donors (Lipinski definition) is 2. The minimum Gasteiger partial charge on any atom is -0.380 e. The Balaban J connectivity index is 1.84. The first-order chi connectivity index (χ1) is 6.75. The van der Waals surface area contributed by atoms with Gasteiger partial charge in [-0.25, -0.2) is 4.39 Å². The number of H-pyrrole nitrogens is 1. The van der Waals surface area contributed by atoms with Gasteiger partial charge >= 0.3 is 0 Å². The molecule has 0 saturated heterocycles. The Morgan fingerprint density at radius 2 is 2.14 bits per heavy atom. The second kappa shape index (κ2) is 2.72. The van der Waals surface area contributed by atoms with E-state index in [1.807, 2.05) is 0 Å². The zero-order valence-electron chi connectivity index (χ0n) is 7.96. The van der Waals surface area contributed by atoms with Crippen LogP contribution in [0.2, 0.25) is 0 Å². The van der Waals surface area contributed by atoms with Gasteiger partial charge in [0.25, 0.3) is 0 Å². The third-order valence-electron chi connectivity index (χ3n) is 3.71. The van der Waals surface area contributed by atoms with E-state index in [1.165, 1.54) is 12.8 Å². The number of nitrogens with zero attached hydrogens (tertiary/aromatic N) is 1. The molecule has 3 N–H and O–H groups in total. The van der Waals surface area contributed by atoms with Crippen LogP contribution in [0.3, 0.4) is 0 Å². The minimum atomic E-state index is -0.325. The first-order valence-electron chi connectivity index (χ1n) is 5.25. The van der Waals surface area contributed by atoms with E-state index in [1.54, 1.807) is 0 Å². The largest absolute Gasteiger partial charge is 0.380 e. The van der Waals surface area contributed by atoms with Gasteiger partial charge in [0.15, 0.2) is 11.6 Å². The van der Waals surface area contributed by atoms with Gasteiger partial charge in [-0.1, -0.05) is 0 Å². The van der Waals surface area contributed by atoms with Crippen LogP contribution in [0.4, 0.5) is 10.2 Å². The Kier molecular flexibility index (Phi) is 1.60. The normalized spacial score (nSPS) is 35.4. The van der Waals surface area contributed by atoms with Gasteiger partial charge in [0.2, 0.25) is 0 Å². The SMILES string of the molecule is Nc1n[nH]c(C2CC[C@@H]3C[C@@H]3C2)c1F. The monoisotopic (exact) mass is 195 g/mol. The lowest BCUT2D eigenvalue weighted by atomic mass is 9.87. The average Bonchev–Trinajstić information content (AvgIpc) is 2.88. The molecule has 2 saturated carbocycles. The number of hydrogen-bond acceptors (Lipinski definition) is 2. The summed E-state index contributed by atoms with van der Waals surface area (Å²) in [5.74, 6) is 1.79. The lowest BCUT2D eigenvalue weighted by Crippen LogP contribution is -2.08. The van der Waals surface area contributed by atoms with Gasteiger partial charge < -0.3 is 5.73 Å². The maximum Gasteiger partial charge on any atom is 0.188 e. The first-order valence-corrected chi connectivity index (χ1v) is 5.25. The molecule has 0 spiro atoms. The van der Waals surface area contributed by atoms with Crippen LogP contribution in [0.15, 0.2) is 0 Å². The Morgan fingerprint density at radius 1 is 1.29 bits per heavy atom. The standard InChI is InChI=1S/C10H14FN3/c11-8-9(13-14-10(8)12)6-2-1-5-3-7(5)4-6/h5-7H,1-4H2,(H3,12,13,14)/t5-,6?,7-/m1/s1. The van der Waals surface area contributed by atoms with E-state index >= 15 is 0 Å². The molecular weight excluding hydrogens is 181 g/mol. The summed E-state index contributed by atoms with van der Waals surface area (Å²) in [7, 11) is 0. The van der Waals surface area contributed by atoms with Crippen molar-refractivity contribution >= 4 is 5.82 Å². The Hall–Kier alpha value is -1.06. The van der Waals surface area contributed by atoms with Crippen molar-refractivity contribution in [1.29, 1.82) is 0 Å². The van der Waals surface area contributed by atoms with E-state index in [-0.39, 0.29) is 11.6 Å². The highest BCUT2D eigenvalue weighted by molar-refractivity contribution is 5.33. The molecule has 76 valence electrons. The number of anilines is 1. The number of aromatic nitrogens is 2. The fourth-order valence-corrected chi connectivity index (χ4v) is 2.74. The van der Waals surface area contributed by atoms with Gasteiger partial charge in [-0.05, 0) is 37.5 Å². The molecule has 2 aliphatic carbocycles. The first kappa shape index (κ1) is 8.26. The van der Waals surface area contributed by atoms with Crippen LogP contribution >= 0.6 is 0 Å². The molecule has 3 rings (SSSR count). The second-order valence-electron chi connectivity index (χ2n) is 4.60. The molecule has 1 unspecified atom stereocenters. The molecule has 3 nitrogen and oxygen atoms in total. The minimum absolute atomic E-state index is 0.0120. The van der Waals surface area contributed by atoms with Crippen LogP contribution in [0.1, 0.15) is 37.3 Å². The van der Waals surface area contributed by atoms with Crippen molar-refractivity contribution in [3.8, 4) is 0 Å². The number of nitrogen functional groups attached to an aromatic ring is 1. The van der Waals surface area contributed by atoms with Gasteiger partial charge in [0.1, 0.15) is 0 Å². The molecule has 0 aliphatic heterocycles. The van der Waals surface area contributed by atoms with Gasteiger partial charge in [0, 0.05) is 5.92 Å². The van der Waals surface area contributed by atoms with Gasteiger partial charge in [-0.2, -0.15) is 5.10 Å². The molecule has 4 heteroatoms. The predicted molar refractivity (Wildman–Crippen MR) is 51.1 cm³/mol. The average molecular weight is 195 g/mol. The summed E-state index contributed by atoms with van der Waals surface area (Å²) >= 11 is 0. The molecule has 0 bridgehead atoms. The topological polar surface area (TPSA) is 54.7 Å². The molecule has 0 aromatic carbocycles. The zero-order chi connectivity index (χ0) is 9.71. The van der Waals surface area contributed by atoms with Crippen molar-refractivity contribution in [2.45, 2.75) is 31.6 Å². The maximum absolute atomic E-state index is 13.5. The van der Waals surface area contributed by atoms with Crippen molar-refractivity contribution in [1.82, 2.24) is 10.2 Å². The van der Waals surface area contributed by atoms with Crippen molar-refractivity contribution in [2.24, 2.45) is 11.8 Å². The number of nitrogens with two attached hydrogens (primary N) is 1. The third kappa shape index (κ3) is 1.13. The third-order valence-corrected chi connectivity index (χ3v) is 3.71. The van der Waals surface area contributed by atoms with Gasteiger partial charge in [-0.15, -0.1) is 0 Å². The van der Waals surface area contributed by atoms with Gasteiger partial charge in [-0.3, -0.25) is 5.10 Å². The highest BCUT2D eigenvalue weighted by atomic mass is 19.1. The molecule has 0 radical (unpaired) electrons. The fraction of sp³-hybridized carbons (Fsp3) is 0.700. The summed E-state index contributed by atoms with van der Waals surface area (Å²) < 4.78 is 13.5. The fourth-order valence-electron chi connectivity index (χ4n) is 2.74. The molecule has 14 heavy (non-hydrogen) atoms. The summed E-state index contributed by atoms with van der Waals surface area (Å²) in [5, 5.41) is 6.44. The van der Waals surface area contributed by atoms with E-state index in [2.05, 4.69) is 10.2 Å². The van der Waals surface area contributed by atoms with Crippen LogP contribution in [-0.4, -0.2) is 10.2 Å². The molecule has 2 fully saturated rings. The summed E-state index contributed by atoms with van der Waals surface area (Å²) in [6.45, 7) is 0. The number of nitrogens with one attached hydrogen (secondary N) is 1. The molecule has 1 heterocycles. The molecular formula is C10H14FN3. The number of fused-ring (bicyclic) bond motifs is 1. The van der Waals surface area contributed by atoms with E-state index in [0.29, 0.717) is 11.6 Å². The summed E-state index contributed by atoms with van der Waals surface area (Å²) in [6.07, 6.45) is 4.79. The number of aromatic amines is 1. The molecule has 1 aromatic rings. The lowest BCUT2D eigenvalue weighted by molar-refractivity contribution is 0.406. The molecule has 2 aliphatic rings. The highest BCUT2D eigenvalue weighted by Gasteiger charge is 2.43. The van der Waals surface area contributed by atoms with Gasteiger partial charge in [0.05, 0.1) is 5.69 Å². The van der Waals surface area contributed by atoms with Crippen molar-refractivity contribution in [3.05, 3.63) is 11.5 Å². The Bertz CT molecular complexity index is 360. The lowest BCUT2D eigenvalue weighted by Gasteiger charge is -2.19. The quantitative estimate of drug-likeness (QED) is 0.720. The Morgan fingerprint density at radius 3 is 2.79 bits per heavy atom. The molecule has 3 atom stereocenters. The van der Waals surface area contributed by atoms with E-state index in [9.17, 15) is 4.39 Å². The molecule has 1 aromatic heterocycles. The van der Waals surface area contributed by atoms with Crippen molar-refractivity contribution in [3.63, 3.8) is 0 Å². The molecule has 0 amide bonds. The second-order valence-corrected chi connectivity index (χ2v) is 4.60. The summed E-state index contributed by atoms with van der Waals surface area (Å²) in [6, 6.07) is 0. The van der Waals surface area contributed by atoms with E-state index in [0.717, 1.165) is 24.7 Å². The van der Waals surface area contributed by atoms with E-state index in [4.69, 9.17) is 5.73 Å². The van der Waals surface area contributed by atoms with Crippen LogP contribution in [0.5, 0.6) is 0 Å². The smallest absolute Gasteiger partial charge is 0.188 e. The van der Waals surface area contributed by atoms with Crippen LogP contribution in [0.25, 0.3) is 0 Å². The van der Waals surface area contributed by atoms with Crippen molar-refractivity contribution < 1.29 is 4.39 Å². The summed E-state index contributed by atoms with van der Waals surface area (Å²) in [5.41, 5.74) is 6.01. The van der Waals surface area contributed by atoms with E-state index < -0.39 is 0 Å². The van der Waals surface area contributed by atoms with Crippen LogP contribution in [0, 0.1) is 17.7 Å². The summed E-state index contributed by atoms with van der Waals surface area (Å²) in [4.78, 5) is 0. The van der Waals surface area contributed by atoms with Crippen molar-refractivity contribution in [2.75, 3.05) is 5.73 Å². The highest BCUT2D eigenvalue weighted by Crippen LogP contribution is 2.53. The zero-order valence-corrected chi connectivity index (χ0v) is 7.96. The number of halogens is 1. The Labute approximate surface area is 81.9 Å². The number of rotatable bonds is 1. The predicted octanol–water partition coefficient (Wildman–Crippen LogP) is 2.03.